The molecule has 0 spiro atoms. The minimum absolute atomic E-state index is 0.120. The molecule has 144 valence electrons. The van der Waals surface area contributed by atoms with Crippen molar-refractivity contribution in [1.29, 1.82) is 0 Å². The SMILES string of the molecule is O=C(c1cccc2cccnc12)N1CCN(S(=O)(=O)c2ccc(Br)cc2)CC1. The number of piperazine rings is 1. The number of nitrogens with zero attached hydrogens (tertiary/aromatic N) is 3. The summed E-state index contributed by atoms with van der Waals surface area (Å²) in [6, 6.07) is 15.9. The summed E-state index contributed by atoms with van der Waals surface area (Å²) in [7, 11) is -3.57. The molecule has 4 rings (SSSR count). The first-order chi connectivity index (χ1) is 13.5. The zero-order chi connectivity index (χ0) is 19.7. The fourth-order valence-electron chi connectivity index (χ4n) is 3.33. The first-order valence-corrected chi connectivity index (χ1v) is 11.1. The zero-order valence-electron chi connectivity index (χ0n) is 15.0. The van der Waals surface area contributed by atoms with E-state index in [-0.39, 0.29) is 23.9 Å². The van der Waals surface area contributed by atoms with Crippen LogP contribution < -0.4 is 0 Å². The molecule has 8 heteroatoms. The summed E-state index contributed by atoms with van der Waals surface area (Å²) in [5.41, 5.74) is 1.21. The zero-order valence-corrected chi connectivity index (χ0v) is 17.4. The number of fused-ring (bicyclic) bond motifs is 1. The van der Waals surface area contributed by atoms with Crippen LogP contribution in [0.3, 0.4) is 0 Å². The standard InChI is InChI=1S/C20H18BrN3O3S/c21-16-6-8-17(9-7-16)28(26,27)24-13-11-23(12-14-24)20(25)18-5-1-3-15-4-2-10-22-19(15)18/h1-10H,11-14H2. The highest BCUT2D eigenvalue weighted by Gasteiger charge is 2.30. The van der Waals surface area contributed by atoms with Crippen LogP contribution in [0.5, 0.6) is 0 Å². The number of sulfonamides is 1. The smallest absolute Gasteiger partial charge is 0.256 e. The third-order valence-electron chi connectivity index (χ3n) is 4.84. The number of hydrogen-bond donors (Lipinski definition) is 0. The number of rotatable bonds is 3. The first-order valence-electron chi connectivity index (χ1n) is 8.85. The van der Waals surface area contributed by atoms with Crippen LogP contribution in [-0.4, -0.2) is 54.7 Å². The molecule has 3 aromatic rings. The fraction of sp³-hybridized carbons (Fsp3) is 0.200. The lowest BCUT2D eigenvalue weighted by atomic mass is 10.1. The average Bonchev–Trinajstić information content (AvgIpc) is 2.73. The molecule has 0 saturated carbocycles. The minimum Gasteiger partial charge on any atom is -0.336 e. The van der Waals surface area contributed by atoms with Crippen molar-refractivity contribution in [3.8, 4) is 0 Å². The van der Waals surface area contributed by atoms with Crippen LogP contribution in [-0.2, 0) is 10.0 Å². The molecule has 2 heterocycles. The van der Waals surface area contributed by atoms with Gasteiger partial charge in [-0.25, -0.2) is 8.42 Å². The Hall–Kier alpha value is -2.29. The van der Waals surface area contributed by atoms with Crippen molar-refractivity contribution in [1.82, 2.24) is 14.2 Å². The van der Waals surface area contributed by atoms with Crippen LogP contribution in [0.15, 0.2) is 70.2 Å². The monoisotopic (exact) mass is 459 g/mol. The summed E-state index contributed by atoms with van der Waals surface area (Å²) < 4.78 is 27.9. The average molecular weight is 460 g/mol. The quantitative estimate of drug-likeness (QED) is 0.602. The van der Waals surface area contributed by atoms with Gasteiger partial charge in [-0.15, -0.1) is 0 Å². The number of aromatic nitrogens is 1. The summed E-state index contributed by atoms with van der Waals surface area (Å²) in [6.07, 6.45) is 1.67. The Labute approximate surface area is 172 Å². The predicted molar refractivity (Wildman–Crippen MR) is 111 cm³/mol. The molecule has 0 atom stereocenters. The fourth-order valence-corrected chi connectivity index (χ4v) is 5.02. The van der Waals surface area contributed by atoms with Gasteiger partial charge in [0.15, 0.2) is 0 Å². The second-order valence-electron chi connectivity index (χ2n) is 6.53. The maximum Gasteiger partial charge on any atom is 0.256 e. The summed E-state index contributed by atoms with van der Waals surface area (Å²) in [5, 5.41) is 0.907. The maximum atomic E-state index is 13.0. The number of para-hydroxylation sites is 1. The first kappa shape index (κ1) is 19.0. The molecular formula is C20H18BrN3O3S. The molecule has 6 nitrogen and oxygen atoms in total. The van der Waals surface area contributed by atoms with E-state index in [1.165, 1.54) is 4.31 Å². The summed E-state index contributed by atoms with van der Waals surface area (Å²) in [4.78, 5) is 19.3. The van der Waals surface area contributed by atoms with Crippen LogP contribution in [0.25, 0.3) is 10.9 Å². The van der Waals surface area contributed by atoms with Gasteiger partial charge >= 0.3 is 0 Å². The van der Waals surface area contributed by atoms with Gasteiger partial charge in [-0.3, -0.25) is 9.78 Å². The molecule has 0 aliphatic carbocycles. The molecule has 1 saturated heterocycles. The Morgan fingerprint density at radius 2 is 1.61 bits per heavy atom. The van der Waals surface area contributed by atoms with Crippen molar-refractivity contribution in [2.24, 2.45) is 0 Å². The van der Waals surface area contributed by atoms with Crippen molar-refractivity contribution < 1.29 is 13.2 Å². The Kier molecular flexibility index (Phi) is 5.18. The number of carbonyl (C=O) groups is 1. The number of benzene rings is 2. The minimum atomic E-state index is -3.57. The molecule has 2 aromatic carbocycles. The van der Waals surface area contributed by atoms with E-state index in [0.717, 1.165) is 9.86 Å². The molecule has 1 aliphatic heterocycles. The molecular weight excluding hydrogens is 442 g/mol. The van der Waals surface area contributed by atoms with E-state index in [2.05, 4.69) is 20.9 Å². The number of hydrogen-bond acceptors (Lipinski definition) is 4. The van der Waals surface area contributed by atoms with Crippen LogP contribution in [0.2, 0.25) is 0 Å². The lowest BCUT2D eigenvalue weighted by Gasteiger charge is -2.34. The van der Waals surface area contributed by atoms with Crippen LogP contribution in [0.1, 0.15) is 10.4 Å². The van der Waals surface area contributed by atoms with E-state index < -0.39 is 10.0 Å². The van der Waals surface area contributed by atoms with Gasteiger partial charge in [0.25, 0.3) is 5.91 Å². The molecule has 0 N–H and O–H groups in total. The normalized spacial score (nSPS) is 15.7. The Morgan fingerprint density at radius 3 is 2.32 bits per heavy atom. The lowest BCUT2D eigenvalue weighted by molar-refractivity contribution is 0.0699. The topological polar surface area (TPSA) is 70.6 Å². The number of halogens is 1. The highest BCUT2D eigenvalue weighted by Crippen LogP contribution is 2.22. The van der Waals surface area contributed by atoms with Gasteiger partial charge in [0.05, 0.1) is 16.0 Å². The maximum absolute atomic E-state index is 13.0. The summed E-state index contributed by atoms with van der Waals surface area (Å²) in [5.74, 6) is -0.120. The van der Waals surface area contributed by atoms with Gasteiger partial charge in [-0.2, -0.15) is 4.31 Å². The molecule has 1 aliphatic rings. The highest BCUT2D eigenvalue weighted by molar-refractivity contribution is 9.10. The van der Waals surface area contributed by atoms with E-state index in [1.54, 1.807) is 41.4 Å². The molecule has 28 heavy (non-hydrogen) atoms. The van der Waals surface area contributed by atoms with Crippen LogP contribution in [0.4, 0.5) is 0 Å². The molecule has 0 bridgehead atoms. The number of carbonyl (C=O) groups excluding carboxylic acids is 1. The molecule has 1 fully saturated rings. The molecule has 1 aromatic heterocycles. The molecule has 0 unspecified atom stereocenters. The van der Waals surface area contributed by atoms with Gasteiger partial charge < -0.3 is 4.90 Å². The van der Waals surface area contributed by atoms with Crippen molar-refractivity contribution in [2.45, 2.75) is 4.90 Å². The molecule has 0 radical (unpaired) electrons. The lowest BCUT2D eigenvalue weighted by Crippen LogP contribution is -2.50. The van der Waals surface area contributed by atoms with E-state index >= 15 is 0 Å². The van der Waals surface area contributed by atoms with Gasteiger partial charge in [0.2, 0.25) is 10.0 Å². The highest BCUT2D eigenvalue weighted by atomic mass is 79.9. The van der Waals surface area contributed by atoms with E-state index in [9.17, 15) is 13.2 Å². The third kappa shape index (κ3) is 3.55. The second-order valence-corrected chi connectivity index (χ2v) is 9.38. The van der Waals surface area contributed by atoms with E-state index in [1.807, 2.05) is 24.3 Å². The Morgan fingerprint density at radius 1 is 0.929 bits per heavy atom. The van der Waals surface area contributed by atoms with Gasteiger partial charge in [-0.05, 0) is 36.4 Å². The summed E-state index contributed by atoms with van der Waals surface area (Å²) in [6.45, 7) is 1.22. The van der Waals surface area contributed by atoms with Crippen molar-refractivity contribution in [3.63, 3.8) is 0 Å². The second kappa shape index (κ2) is 7.62. The van der Waals surface area contributed by atoms with Gasteiger partial charge in [0.1, 0.15) is 0 Å². The summed E-state index contributed by atoms with van der Waals surface area (Å²) >= 11 is 3.31. The van der Waals surface area contributed by atoms with Crippen molar-refractivity contribution in [3.05, 3.63) is 70.8 Å². The van der Waals surface area contributed by atoms with Crippen molar-refractivity contribution >= 4 is 42.8 Å². The largest absolute Gasteiger partial charge is 0.336 e. The molecule has 1 amide bonds. The Balaban J connectivity index is 1.51. The predicted octanol–water partition coefficient (Wildman–Crippen LogP) is 3.14. The Bertz CT molecular complexity index is 1120. The van der Waals surface area contributed by atoms with Crippen LogP contribution >= 0.6 is 15.9 Å². The van der Waals surface area contributed by atoms with E-state index in [4.69, 9.17) is 0 Å². The third-order valence-corrected chi connectivity index (χ3v) is 7.28. The van der Waals surface area contributed by atoms with Crippen molar-refractivity contribution in [2.75, 3.05) is 26.2 Å². The van der Waals surface area contributed by atoms with E-state index in [0.29, 0.717) is 24.2 Å². The van der Waals surface area contributed by atoms with Gasteiger partial charge in [0, 0.05) is 42.2 Å². The van der Waals surface area contributed by atoms with Crippen LogP contribution in [0, 0.1) is 0 Å². The van der Waals surface area contributed by atoms with Gasteiger partial charge in [-0.1, -0.05) is 34.1 Å². The number of pyridine rings is 1. The number of amides is 1.